The number of fused-ring (bicyclic) bond motifs is 1. The van der Waals surface area contributed by atoms with E-state index in [0.29, 0.717) is 0 Å². The van der Waals surface area contributed by atoms with E-state index in [1.165, 1.54) is 16.5 Å². The van der Waals surface area contributed by atoms with Gasteiger partial charge in [-0.3, -0.25) is 4.90 Å². The average Bonchev–Trinajstić information content (AvgIpc) is 3.09. The quantitative estimate of drug-likeness (QED) is 0.718. The van der Waals surface area contributed by atoms with Gasteiger partial charge in [0.1, 0.15) is 0 Å². The van der Waals surface area contributed by atoms with Crippen molar-refractivity contribution in [3.8, 4) is 0 Å². The topological polar surface area (TPSA) is 51.4 Å². The maximum Gasteiger partial charge on any atom is 0.321 e. The van der Waals surface area contributed by atoms with Gasteiger partial charge in [0.05, 0.1) is 0 Å². The standard InChI is InChI=1S/C23H28N4O/c1-17-13-18(2)15-20(14-17)25-23(28)27-11-9-26(10-12-27)8-7-19-16-24-22-6-4-3-5-21(19)22/h3-6,13-16,24H,7-12H2,1-2H3,(H,25,28). The van der Waals surface area contributed by atoms with Gasteiger partial charge in [-0.25, -0.2) is 4.79 Å². The Morgan fingerprint density at radius 1 is 1.04 bits per heavy atom. The van der Waals surface area contributed by atoms with Crippen LogP contribution in [0.2, 0.25) is 0 Å². The summed E-state index contributed by atoms with van der Waals surface area (Å²) in [5.41, 5.74) is 5.77. The molecule has 4 rings (SSSR count). The molecule has 2 N–H and O–H groups in total. The number of carbonyl (C=O) groups excluding carboxylic acids is 1. The lowest BCUT2D eigenvalue weighted by Crippen LogP contribution is -2.50. The van der Waals surface area contributed by atoms with Crippen LogP contribution in [0.3, 0.4) is 0 Å². The molecular formula is C23H28N4O. The Morgan fingerprint density at radius 3 is 2.50 bits per heavy atom. The molecule has 0 aliphatic carbocycles. The minimum absolute atomic E-state index is 0.00118. The summed E-state index contributed by atoms with van der Waals surface area (Å²) in [7, 11) is 0. The number of hydrogen-bond acceptors (Lipinski definition) is 2. The monoisotopic (exact) mass is 376 g/mol. The van der Waals surface area contributed by atoms with Crippen LogP contribution < -0.4 is 5.32 Å². The summed E-state index contributed by atoms with van der Waals surface area (Å²) < 4.78 is 0. The maximum atomic E-state index is 12.6. The zero-order chi connectivity index (χ0) is 19.5. The van der Waals surface area contributed by atoms with E-state index in [9.17, 15) is 4.79 Å². The molecule has 5 nitrogen and oxygen atoms in total. The number of nitrogens with zero attached hydrogens (tertiary/aromatic N) is 2. The first kappa shape index (κ1) is 18.6. The summed E-state index contributed by atoms with van der Waals surface area (Å²) in [5, 5.41) is 4.36. The van der Waals surface area contributed by atoms with Gasteiger partial charge in [0.2, 0.25) is 0 Å². The molecule has 1 saturated heterocycles. The molecule has 146 valence electrons. The second-order valence-electron chi connectivity index (χ2n) is 7.74. The second kappa shape index (κ2) is 8.07. The van der Waals surface area contributed by atoms with Crippen LogP contribution in [0.15, 0.2) is 48.7 Å². The number of benzene rings is 2. The van der Waals surface area contributed by atoms with Crippen molar-refractivity contribution in [2.75, 3.05) is 38.0 Å². The highest BCUT2D eigenvalue weighted by Gasteiger charge is 2.21. The molecule has 1 fully saturated rings. The first-order chi connectivity index (χ1) is 13.6. The highest BCUT2D eigenvalue weighted by atomic mass is 16.2. The van der Waals surface area contributed by atoms with Crippen LogP contribution in [0.4, 0.5) is 10.5 Å². The molecule has 2 amide bonds. The number of aromatic amines is 1. The van der Waals surface area contributed by atoms with E-state index in [1.807, 2.05) is 17.0 Å². The van der Waals surface area contributed by atoms with Gasteiger partial charge in [-0.15, -0.1) is 0 Å². The Kier molecular flexibility index (Phi) is 5.35. The van der Waals surface area contributed by atoms with Crippen molar-refractivity contribution in [3.05, 3.63) is 65.4 Å². The molecule has 2 aromatic carbocycles. The fourth-order valence-electron chi connectivity index (χ4n) is 4.04. The Hall–Kier alpha value is -2.79. The highest BCUT2D eigenvalue weighted by molar-refractivity contribution is 5.89. The molecule has 0 unspecified atom stereocenters. The summed E-state index contributed by atoms with van der Waals surface area (Å²) >= 11 is 0. The predicted molar refractivity (Wildman–Crippen MR) is 115 cm³/mol. The van der Waals surface area contributed by atoms with Crippen molar-refractivity contribution in [1.82, 2.24) is 14.8 Å². The SMILES string of the molecule is Cc1cc(C)cc(NC(=O)N2CCN(CCc3c[nH]c4ccccc34)CC2)c1. The third kappa shape index (κ3) is 4.20. The molecule has 5 heteroatoms. The van der Waals surface area contributed by atoms with Gasteiger partial charge in [-0.2, -0.15) is 0 Å². The smallest absolute Gasteiger partial charge is 0.321 e. The zero-order valence-corrected chi connectivity index (χ0v) is 16.7. The highest BCUT2D eigenvalue weighted by Crippen LogP contribution is 2.19. The van der Waals surface area contributed by atoms with Gasteiger partial charge in [0, 0.05) is 55.5 Å². The summed E-state index contributed by atoms with van der Waals surface area (Å²) in [6.45, 7) is 8.50. The molecule has 1 aliphatic rings. The van der Waals surface area contributed by atoms with Crippen molar-refractivity contribution < 1.29 is 4.79 Å². The third-order valence-electron chi connectivity index (χ3n) is 5.50. The van der Waals surface area contributed by atoms with E-state index in [1.54, 1.807) is 0 Å². The van der Waals surface area contributed by atoms with Crippen molar-refractivity contribution in [1.29, 1.82) is 0 Å². The molecule has 28 heavy (non-hydrogen) atoms. The number of nitrogens with one attached hydrogen (secondary N) is 2. The number of rotatable bonds is 4. The Labute approximate surface area is 166 Å². The second-order valence-corrected chi connectivity index (χ2v) is 7.74. The minimum atomic E-state index is 0.00118. The van der Waals surface area contributed by atoms with Gasteiger partial charge in [-0.1, -0.05) is 24.3 Å². The van der Waals surface area contributed by atoms with Crippen molar-refractivity contribution in [2.24, 2.45) is 0 Å². The van der Waals surface area contributed by atoms with E-state index in [2.05, 4.69) is 65.6 Å². The number of carbonyl (C=O) groups is 1. The van der Waals surface area contributed by atoms with Crippen molar-refractivity contribution >= 4 is 22.6 Å². The predicted octanol–water partition coefficient (Wildman–Crippen LogP) is 4.18. The number of aryl methyl sites for hydroxylation is 2. The molecule has 0 bridgehead atoms. The van der Waals surface area contributed by atoms with E-state index >= 15 is 0 Å². The largest absolute Gasteiger partial charge is 0.361 e. The number of anilines is 1. The van der Waals surface area contributed by atoms with E-state index in [0.717, 1.165) is 56.0 Å². The third-order valence-corrected chi connectivity index (χ3v) is 5.50. The van der Waals surface area contributed by atoms with Crippen LogP contribution in [0, 0.1) is 13.8 Å². The molecule has 3 aromatic rings. The molecule has 2 heterocycles. The number of amides is 2. The Balaban J connectivity index is 1.27. The molecule has 0 atom stereocenters. The number of piperazine rings is 1. The summed E-state index contributed by atoms with van der Waals surface area (Å²) in [6.07, 6.45) is 3.15. The van der Waals surface area contributed by atoms with Crippen LogP contribution in [-0.2, 0) is 6.42 Å². The van der Waals surface area contributed by atoms with Crippen LogP contribution in [0.5, 0.6) is 0 Å². The van der Waals surface area contributed by atoms with Gasteiger partial charge in [0.15, 0.2) is 0 Å². The molecule has 0 radical (unpaired) electrons. The summed E-state index contributed by atoms with van der Waals surface area (Å²) in [6, 6.07) is 14.6. The Bertz CT molecular complexity index is 949. The number of aromatic nitrogens is 1. The van der Waals surface area contributed by atoms with Crippen LogP contribution in [0.25, 0.3) is 10.9 Å². The van der Waals surface area contributed by atoms with E-state index in [-0.39, 0.29) is 6.03 Å². The molecule has 1 aliphatic heterocycles. The number of urea groups is 1. The molecule has 0 spiro atoms. The molecule has 1 aromatic heterocycles. The van der Waals surface area contributed by atoms with Crippen LogP contribution >= 0.6 is 0 Å². The van der Waals surface area contributed by atoms with E-state index in [4.69, 9.17) is 0 Å². The first-order valence-corrected chi connectivity index (χ1v) is 10.00. The molecule has 0 saturated carbocycles. The van der Waals surface area contributed by atoms with E-state index < -0.39 is 0 Å². The fraction of sp³-hybridized carbons (Fsp3) is 0.348. The lowest BCUT2D eigenvalue weighted by atomic mass is 10.1. The normalized spacial score (nSPS) is 15.1. The zero-order valence-electron chi connectivity index (χ0n) is 16.7. The number of H-pyrrole nitrogens is 1. The summed E-state index contributed by atoms with van der Waals surface area (Å²) in [5.74, 6) is 0. The van der Waals surface area contributed by atoms with Crippen molar-refractivity contribution in [2.45, 2.75) is 20.3 Å². The minimum Gasteiger partial charge on any atom is -0.361 e. The average molecular weight is 377 g/mol. The number of hydrogen-bond donors (Lipinski definition) is 2. The first-order valence-electron chi connectivity index (χ1n) is 10.00. The van der Waals surface area contributed by atoms with Crippen molar-refractivity contribution in [3.63, 3.8) is 0 Å². The van der Waals surface area contributed by atoms with Gasteiger partial charge < -0.3 is 15.2 Å². The van der Waals surface area contributed by atoms with Crippen LogP contribution in [-0.4, -0.2) is 53.5 Å². The number of para-hydroxylation sites is 1. The lowest BCUT2D eigenvalue weighted by Gasteiger charge is -2.34. The van der Waals surface area contributed by atoms with Gasteiger partial charge in [-0.05, 0) is 55.2 Å². The Morgan fingerprint density at radius 2 is 1.75 bits per heavy atom. The van der Waals surface area contributed by atoms with Gasteiger partial charge >= 0.3 is 6.03 Å². The maximum absolute atomic E-state index is 12.6. The fourth-order valence-corrected chi connectivity index (χ4v) is 4.04. The van der Waals surface area contributed by atoms with Crippen LogP contribution in [0.1, 0.15) is 16.7 Å². The molecular weight excluding hydrogens is 348 g/mol. The summed E-state index contributed by atoms with van der Waals surface area (Å²) in [4.78, 5) is 20.3. The lowest BCUT2D eigenvalue weighted by molar-refractivity contribution is 0.148. The van der Waals surface area contributed by atoms with Gasteiger partial charge in [0.25, 0.3) is 0 Å².